The molecule has 1 rings (SSSR count). The molecule has 0 bridgehead atoms. The molecule has 0 aromatic heterocycles. The highest BCUT2D eigenvalue weighted by Crippen LogP contribution is 2.40. The molecule has 0 radical (unpaired) electrons. The maximum Gasteiger partial charge on any atom is 0.130 e. The van der Waals surface area contributed by atoms with Crippen LogP contribution in [0.15, 0.2) is 18.2 Å². The van der Waals surface area contributed by atoms with E-state index < -0.39 is 0 Å². The highest BCUT2D eigenvalue weighted by molar-refractivity contribution is 5.72. The van der Waals surface area contributed by atoms with Gasteiger partial charge >= 0.3 is 0 Å². The predicted molar refractivity (Wildman–Crippen MR) is 89.7 cm³/mol. The first-order chi connectivity index (χ1) is 9.02. The lowest BCUT2D eigenvalue weighted by Gasteiger charge is -2.29. The summed E-state index contributed by atoms with van der Waals surface area (Å²) in [6.07, 6.45) is 2.15. The highest BCUT2D eigenvalue weighted by atomic mass is 16.5. The summed E-state index contributed by atoms with van der Waals surface area (Å²) in [6, 6.07) is 4.59. The molecule has 0 saturated heterocycles. The quantitative estimate of drug-likeness (QED) is 0.671. The molecule has 0 amide bonds. The Balaban J connectivity index is 3.75. The summed E-state index contributed by atoms with van der Waals surface area (Å²) in [4.78, 5) is 0. The van der Waals surface area contributed by atoms with E-state index in [0.717, 1.165) is 5.75 Å². The van der Waals surface area contributed by atoms with Gasteiger partial charge in [0.25, 0.3) is 0 Å². The maximum absolute atomic E-state index is 5.75. The zero-order valence-corrected chi connectivity index (χ0v) is 14.6. The Kier molecular flexibility index (Phi) is 4.74. The second kappa shape index (κ2) is 5.63. The second-order valence-electron chi connectivity index (χ2n) is 7.58. The van der Waals surface area contributed by atoms with Gasteiger partial charge in [0.15, 0.2) is 0 Å². The molecule has 0 N–H and O–H groups in total. The van der Waals surface area contributed by atoms with E-state index in [2.05, 4.69) is 73.6 Å². The average molecular weight is 274 g/mol. The first-order valence-corrected chi connectivity index (χ1v) is 7.38. The van der Waals surface area contributed by atoms with Crippen molar-refractivity contribution in [3.63, 3.8) is 0 Å². The van der Waals surface area contributed by atoms with E-state index in [4.69, 9.17) is 4.74 Å². The molecule has 112 valence electrons. The smallest absolute Gasteiger partial charge is 0.130 e. The summed E-state index contributed by atoms with van der Waals surface area (Å²) >= 11 is 0. The molecular weight excluding hydrogens is 244 g/mol. The molecule has 1 heteroatoms. The van der Waals surface area contributed by atoms with E-state index in [-0.39, 0.29) is 10.8 Å². The number of hydrogen-bond donors (Lipinski definition) is 0. The third-order valence-electron chi connectivity index (χ3n) is 3.82. The van der Waals surface area contributed by atoms with Gasteiger partial charge in [0.2, 0.25) is 0 Å². The van der Waals surface area contributed by atoms with Crippen molar-refractivity contribution in [3.05, 3.63) is 34.9 Å². The molecule has 0 fully saturated rings. The Morgan fingerprint density at radius 2 is 1.55 bits per heavy atom. The molecular formula is C19H30O. The first-order valence-electron chi connectivity index (χ1n) is 7.38. The predicted octanol–water partition coefficient (Wildman–Crippen LogP) is 5.71. The molecule has 0 aliphatic carbocycles. The largest absolute Gasteiger partial charge is 0.496 e. The summed E-state index contributed by atoms with van der Waals surface area (Å²) < 4.78 is 5.75. The molecule has 20 heavy (non-hydrogen) atoms. The summed E-state index contributed by atoms with van der Waals surface area (Å²) in [5, 5.41) is 0. The molecule has 0 atom stereocenters. The van der Waals surface area contributed by atoms with Crippen LogP contribution in [0.25, 0.3) is 5.57 Å². The monoisotopic (exact) mass is 274 g/mol. The third-order valence-corrected chi connectivity index (χ3v) is 3.82. The second-order valence-corrected chi connectivity index (χ2v) is 7.58. The summed E-state index contributed by atoms with van der Waals surface area (Å²) in [6.45, 7) is 17.7. The fourth-order valence-corrected chi connectivity index (χ4v) is 2.29. The number of rotatable bonds is 2. The number of ether oxygens (including phenoxy) is 1. The van der Waals surface area contributed by atoms with E-state index in [1.807, 2.05) is 0 Å². The molecule has 1 nitrogen and oxygen atoms in total. The Labute approximate surface area is 125 Å². The van der Waals surface area contributed by atoms with Gasteiger partial charge in [-0.1, -0.05) is 53.7 Å². The van der Waals surface area contributed by atoms with Crippen LogP contribution in [0.5, 0.6) is 5.75 Å². The minimum absolute atomic E-state index is 0.0649. The SMILES string of the molecule is C/C=C(/C)c1cc(C(C)(C)C)cc(C(C)(C)C)c1OC. The van der Waals surface area contributed by atoms with Crippen molar-refractivity contribution >= 4 is 5.57 Å². The molecule has 0 unspecified atom stereocenters. The van der Waals surface area contributed by atoms with Gasteiger partial charge in [-0.3, -0.25) is 0 Å². The van der Waals surface area contributed by atoms with Gasteiger partial charge in [0.05, 0.1) is 7.11 Å². The van der Waals surface area contributed by atoms with Crippen molar-refractivity contribution in [2.75, 3.05) is 7.11 Å². The fraction of sp³-hybridized carbons (Fsp3) is 0.579. The Hall–Kier alpha value is -1.24. The van der Waals surface area contributed by atoms with Gasteiger partial charge in [-0.2, -0.15) is 0 Å². The minimum Gasteiger partial charge on any atom is -0.496 e. The summed E-state index contributed by atoms with van der Waals surface area (Å²) in [7, 11) is 1.77. The Bertz CT molecular complexity index is 508. The van der Waals surface area contributed by atoms with E-state index >= 15 is 0 Å². The Morgan fingerprint density at radius 3 is 1.90 bits per heavy atom. The van der Waals surface area contributed by atoms with E-state index in [1.54, 1.807) is 7.11 Å². The van der Waals surface area contributed by atoms with Crippen molar-refractivity contribution in [3.8, 4) is 5.75 Å². The Morgan fingerprint density at radius 1 is 1.00 bits per heavy atom. The lowest BCUT2D eigenvalue weighted by molar-refractivity contribution is 0.395. The molecule has 0 spiro atoms. The maximum atomic E-state index is 5.75. The number of benzene rings is 1. The van der Waals surface area contributed by atoms with Crippen molar-refractivity contribution in [1.29, 1.82) is 0 Å². The van der Waals surface area contributed by atoms with Gasteiger partial charge in [-0.25, -0.2) is 0 Å². The van der Waals surface area contributed by atoms with E-state index in [0.29, 0.717) is 0 Å². The van der Waals surface area contributed by atoms with Crippen molar-refractivity contribution in [1.82, 2.24) is 0 Å². The van der Waals surface area contributed by atoms with Gasteiger partial charge in [-0.05, 0) is 41.9 Å². The zero-order chi connectivity index (χ0) is 15.7. The van der Waals surface area contributed by atoms with E-state index in [1.165, 1.54) is 22.3 Å². The third kappa shape index (κ3) is 3.45. The summed E-state index contributed by atoms with van der Waals surface area (Å²) in [5.74, 6) is 1.01. The van der Waals surface area contributed by atoms with Crippen molar-refractivity contribution in [2.24, 2.45) is 0 Å². The van der Waals surface area contributed by atoms with Crippen LogP contribution in [-0.2, 0) is 10.8 Å². The van der Waals surface area contributed by atoms with Crippen LogP contribution in [0.2, 0.25) is 0 Å². The molecule has 0 saturated carbocycles. The molecule has 1 aromatic rings. The van der Waals surface area contributed by atoms with Gasteiger partial charge < -0.3 is 4.74 Å². The van der Waals surface area contributed by atoms with E-state index in [9.17, 15) is 0 Å². The molecule has 1 aromatic carbocycles. The minimum atomic E-state index is 0.0649. The van der Waals surface area contributed by atoms with Crippen LogP contribution < -0.4 is 4.74 Å². The highest BCUT2D eigenvalue weighted by Gasteiger charge is 2.25. The molecule has 0 heterocycles. The standard InChI is InChI=1S/C19H30O/c1-10-13(2)15-11-14(18(3,4)5)12-16(17(15)20-9)19(6,7)8/h10-12H,1-9H3/b13-10-. The van der Waals surface area contributed by atoms with Crippen LogP contribution in [-0.4, -0.2) is 7.11 Å². The van der Waals surface area contributed by atoms with Crippen molar-refractivity contribution < 1.29 is 4.74 Å². The molecule has 0 aliphatic heterocycles. The number of methoxy groups -OCH3 is 1. The fourth-order valence-electron chi connectivity index (χ4n) is 2.29. The lowest BCUT2D eigenvalue weighted by Crippen LogP contribution is -2.18. The van der Waals surface area contributed by atoms with Gasteiger partial charge in [0, 0.05) is 11.1 Å². The average Bonchev–Trinajstić information content (AvgIpc) is 2.33. The summed E-state index contributed by atoms with van der Waals surface area (Å²) in [5.41, 5.74) is 5.32. The van der Waals surface area contributed by atoms with Crippen LogP contribution in [0.4, 0.5) is 0 Å². The topological polar surface area (TPSA) is 9.23 Å². The first kappa shape index (κ1) is 16.8. The zero-order valence-electron chi connectivity index (χ0n) is 14.6. The van der Waals surface area contributed by atoms with Crippen molar-refractivity contribution in [2.45, 2.75) is 66.2 Å². The van der Waals surface area contributed by atoms with Crippen LogP contribution >= 0.6 is 0 Å². The van der Waals surface area contributed by atoms with Gasteiger partial charge in [-0.15, -0.1) is 0 Å². The number of hydrogen-bond acceptors (Lipinski definition) is 1. The van der Waals surface area contributed by atoms with Crippen LogP contribution in [0.3, 0.4) is 0 Å². The number of allylic oxidation sites excluding steroid dienone is 2. The lowest BCUT2D eigenvalue weighted by atomic mass is 9.78. The van der Waals surface area contributed by atoms with Crippen LogP contribution in [0, 0.1) is 0 Å². The van der Waals surface area contributed by atoms with Gasteiger partial charge in [0.1, 0.15) is 5.75 Å². The van der Waals surface area contributed by atoms with Crippen LogP contribution in [0.1, 0.15) is 72.1 Å². The normalized spacial score (nSPS) is 13.6. The molecule has 0 aliphatic rings.